The molecule has 1 aromatic rings. The third-order valence-corrected chi connectivity index (χ3v) is 3.46. The number of hydrogen-bond acceptors (Lipinski definition) is 4. The van der Waals surface area contributed by atoms with E-state index in [1.165, 1.54) is 6.26 Å². The van der Waals surface area contributed by atoms with E-state index in [9.17, 15) is 9.59 Å². The van der Waals surface area contributed by atoms with E-state index in [2.05, 4.69) is 15.8 Å². The summed E-state index contributed by atoms with van der Waals surface area (Å²) >= 11 is 0. The minimum atomic E-state index is -0.236. The molecule has 1 aliphatic heterocycles. The normalized spacial score (nSPS) is 16.4. The number of rotatable bonds is 3. The first-order chi connectivity index (χ1) is 10.3. The van der Waals surface area contributed by atoms with Crippen LogP contribution in [0.1, 0.15) is 39.3 Å². The standard InChI is InChI=1S/C15H24N4O3/c1-15(2,3)17-14(21)19-7-4-11(5-8-19)16-13(20)10-12-6-9-22-18-12/h6,9,11H,4-5,7-8,10H2,1-3H3,(H,16,20)(H,17,21). The Kier molecular flexibility index (Phi) is 5.05. The van der Waals surface area contributed by atoms with Gasteiger partial charge in [0.1, 0.15) is 6.26 Å². The second-order valence-corrected chi connectivity index (χ2v) is 6.68. The molecule has 1 fully saturated rings. The molecule has 1 aromatic heterocycles. The summed E-state index contributed by atoms with van der Waals surface area (Å²) in [5.74, 6) is -0.0634. The molecule has 22 heavy (non-hydrogen) atoms. The predicted octanol–water partition coefficient (Wildman–Crippen LogP) is 1.31. The van der Waals surface area contributed by atoms with Crippen LogP contribution >= 0.6 is 0 Å². The molecule has 0 saturated carbocycles. The van der Waals surface area contributed by atoms with Gasteiger partial charge in [-0.15, -0.1) is 0 Å². The van der Waals surface area contributed by atoms with Crippen molar-refractivity contribution in [2.45, 2.75) is 51.6 Å². The fourth-order valence-electron chi connectivity index (χ4n) is 2.40. The predicted molar refractivity (Wildman–Crippen MR) is 81.2 cm³/mol. The highest BCUT2D eigenvalue weighted by molar-refractivity contribution is 5.78. The number of hydrogen-bond donors (Lipinski definition) is 2. The lowest BCUT2D eigenvalue weighted by atomic mass is 10.0. The van der Waals surface area contributed by atoms with Gasteiger partial charge in [0.15, 0.2) is 0 Å². The highest BCUT2D eigenvalue weighted by Gasteiger charge is 2.25. The molecule has 0 unspecified atom stereocenters. The maximum Gasteiger partial charge on any atom is 0.317 e. The molecule has 7 heteroatoms. The number of urea groups is 1. The van der Waals surface area contributed by atoms with Crippen LogP contribution in [0.3, 0.4) is 0 Å². The van der Waals surface area contributed by atoms with Crippen molar-refractivity contribution in [1.82, 2.24) is 20.7 Å². The maximum atomic E-state index is 12.1. The van der Waals surface area contributed by atoms with Crippen LogP contribution in [0, 0.1) is 0 Å². The van der Waals surface area contributed by atoms with E-state index in [4.69, 9.17) is 4.52 Å². The molecule has 0 bridgehead atoms. The van der Waals surface area contributed by atoms with Gasteiger partial charge in [-0.1, -0.05) is 5.16 Å². The number of nitrogens with zero attached hydrogens (tertiary/aromatic N) is 2. The van der Waals surface area contributed by atoms with E-state index in [0.29, 0.717) is 18.8 Å². The fraction of sp³-hybridized carbons (Fsp3) is 0.667. The highest BCUT2D eigenvalue weighted by atomic mass is 16.5. The molecule has 1 saturated heterocycles. The van der Waals surface area contributed by atoms with Gasteiger partial charge >= 0.3 is 6.03 Å². The monoisotopic (exact) mass is 308 g/mol. The van der Waals surface area contributed by atoms with Crippen LogP contribution in [0.25, 0.3) is 0 Å². The van der Waals surface area contributed by atoms with Crippen LogP contribution in [0.4, 0.5) is 4.79 Å². The van der Waals surface area contributed by atoms with E-state index >= 15 is 0 Å². The van der Waals surface area contributed by atoms with Crippen LogP contribution in [0.2, 0.25) is 0 Å². The van der Waals surface area contributed by atoms with Gasteiger partial charge in [-0.2, -0.15) is 0 Å². The van der Waals surface area contributed by atoms with Crippen LogP contribution in [-0.4, -0.2) is 46.7 Å². The molecule has 0 radical (unpaired) electrons. The van der Waals surface area contributed by atoms with Gasteiger partial charge in [0, 0.05) is 30.7 Å². The molecule has 0 aliphatic carbocycles. The molecule has 3 amide bonds. The van der Waals surface area contributed by atoms with Crippen molar-refractivity contribution in [1.29, 1.82) is 0 Å². The largest absolute Gasteiger partial charge is 0.364 e. The first-order valence-electron chi connectivity index (χ1n) is 7.59. The van der Waals surface area contributed by atoms with Crippen molar-refractivity contribution < 1.29 is 14.1 Å². The number of nitrogens with one attached hydrogen (secondary N) is 2. The maximum absolute atomic E-state index is 12.1. The second kappa shape index (κ2) is 6.81. The number of carbonyl (C=O) groups excluding carboxylic acids is 2. The Labute approximate surface area is 130 Å². The van der Waals surface area contributed by atoms with Crippen LogP contribution in [-0.2, 0) is 11.2 Å². The molecule has 1 aliphatic rings. The SMILES string of the molecule is CC(C)(C)NC(=O)N1CCC(NC(=O)Cc2ccon2)CC1. The topological polar surface area (TPSA) is 87.5 Å². The number of piperidine rings is 1. The molecular weight excluding hydrogens is 284 g/mol. The molecule has 0 atom stereocenters. The van der Waals surface area contributed by atoms with Gasteiger partial charge in [0.2, 0.25) is 5.91 Å². The Hall–Kier alpha value is -2.05. The summed E-state index contributed by atoms with van der Waals surface area (Å²) in [6.07, 6.45) is 3.21. The lowest BCUT2D eigenvalue weighted by molar-refractivity contribution is -0.121. The van der Waals surface area contributed by atoms with Crippen molar-refractivity contribution in [2.24, 2.45) is 0 Å². The lowest BCUT2D eigenvalue weighted by Crippen LogP contribution is -2.53. The minimum absolute atomic E-state index is 0.0418. The van der Waals surface area contributed by atoms with Crippen molar-refractivity contribution in [2.75, 3.05) is 13.1 Å². The summed E-state index contributed by atoms with van der Waals surface area (Å²) in [5, 5.41) is 9.66. The van der Waals surface area contributed by atoms with Crippen LogP contribution < -0.4 is 10.6 Å². The molecule has 2 rings (SSSR count). The number of amides is 3. The van der Waals surface area contributed by atoms with Crippen LogP contribution in [0.5, 0.6) is 0 Å². The smallest absolute Gasteiger partial charge is 0.317 e. The van der Waals surface area contributed by atoms with Crippen molar-refractivity contribution >= 4 is 11.9 Å². The molecule has 122 valence electrons. The summed E-state index contributed by atoms with van der Waals surface area (Å²) in [6, 6.07) is 1.75. The average Bonchev–Trinajstić information content (AvgIpc) is 2.90. The number of aromatic nitrogens is 1. The van der Waals surface area contributed by atoms with Crippen molar-refractivity contribution in [3.05, 3.63) is 18.0 Å². The number of likely N-dealkylation sites (tertiary alicyclic amines) is 1. The second-order valence-electron chi connectivity index (χ2n) is 6.68. The van der Waals surface area contributed by atoms with Crippen molar-refractivity contribution in [3.63, 3.8) is 0 Å². The first-order valence-corrected chi connectivity index (χ1v) is 7.59. The summed E-state index contributed by atoms with van der Waals surface area (Å²) in [5.41, 5.74) is 0.388. The summed E-state index contributed by atoms with van der Waals surface area (Å²) < 4.78 is 4.70. The Balaban J connectivity index is 1.73. The summed E-state index contributed by atoms with van der Waals surface area (Å²) in [7, 11) is 0. The Morgan fingerprint density at radius 1 is 1.36 bits per heavy atom. The van der Waals surface area contributed by atoms with E-state index in [0.717, 1.165) is 12.8 Å². The Morgan fingerprint density at radius 2 is 2.05 bits per heavy atom. The Bertz CT molecular complexity index is 499. The quantitative estimate of drug-likeness (QED) is 0.881. The van der Waals surface area contributed by atoms with Gasteiger partial charge < -0.3 is 20.1 Å². The van der Waals surface area contributed by atoms with Gasteiger partial charge in [0.25, 0.3) is 0 Å². The van der Waals surface area contributed by atoms with Crippen LogP contribution in [0.15, 0.2) is 16.9 Å². The van der Waals surface area contributed by atoms with Gasteiger partial charge in [-0.25, -0.2) is 4.79 Å². The Morgan fingerprint density at radius 3 is 2.59 bits per heavy atom. The summed E-state index contributed by atoms with van der Waals surface area (Å²) in [4.78, 5) is 25.8. The van der Waals surface area contributed by atoms with Gasteiger partial charge in [0.05, 0.1) is 12.1 Å². The third-order valence-electron chi connectivity index (χ3n) is 3.46. The van der Waals surface area contributed by atoms with E-state index in [1.807, 2.05) is 20.8 Å². The molecule has 0 aromatic carbocycles. The zero-order valence-corrected chi connectivity index (χ0v) is 13.4. The molecule has 2 heterocycles. The molecule has 7 nitrogen and oxygen atoms in total. The highest BCUT2D eigenvalue weighted by Crippen LogP contribution is 2.12. The van der Waals surface area contributed by atoms with Crippen molar-refractivity contribution in [3.8, 4) is 0 Å². The zero-order valence-electron chi connectivity index (χ0n) is 13.4. The van der Waals surface area contributed by atoms with Gasteiger partial charge in [-0.05, 0) is 33.6 Å². The summed E-state index contributed by atoms with van der Waals surface area (Å²) in [6.45, 7) is 7.18. The fourth-order valence-corrected chi connectivity index (χ4v) is 2.40. The van der Waals surface area contributed by atoms with E-state index < -0.39 is 0 Å². The van der Waals surface area contributed by atoms with Gasteiger partial charge in [-0.3, -0.25) is 4.79 Å². The molecule has 0 spiro atoms. The van der Waals surface area contributed by atoms with E-state index in [-0.39, 0.29) is 29.9 Å². The molecule has 2 N–H and O–H groups in total. The molecular formula is C15H24N4O3. The van der Waals surface area contributed by atoms with E-state index in [1.54, 1.807) is 11.0 Å². The minimum Gasteiger partial charge on any atom is -0.364 e. The third kappa shape index (κ3) is 5.05. The zero-order chi connectivity index (χ0) is 16.2. The number of carbonyl (C=O) groups is 2. The lowest BCUT2D eigenvalue weighted by Gasteiger charge is -2.34. The first kappa shape index (κ1) is 16.3. The average molecular weight is 308 g/mol.